The number of carbonyl (C=O) groups excluding carboxylic acids is 2. The van der Waals surface area contributed by atoms with E-state index >= 15 is 0 Å². The molecule has 14 heteroatoms. The number of halogens is 6. The van der Waals surface area contributed by atoms with Crippen LogP contribution < -0.4 is 5.32 Å². The lowest BCUT2D eigenvalue weighted by Gasteiger charge is -2.38. The van der Waals surface area contributed by atoms with Crippen LogP contribution in [-0.4, -0.2) is 62.1 Å². The van der Waals surface area contributed by atoms with E-state index in [0.29, 0.717) is 12.8 Å². The van der Waals surface area contributed by atoms with E-state index in [-0.39, 0.29) is 53.4 Å². The predicted octanol–water partition coefficient (Wildman–Crippen LogP) is 6.16. The Balaban J connectivity index is 1.50. The Hall–Kier alpha value is -2.70. The SMILES string of the molecule is C[C@]1(C(=O)O)CC[C@H](n2ncc(C(=O)N(CC(=O)c3c(Cl)cc(F)cc3Cl)C3CC4CCC(C3)N4)c2C(F)(F)F)CC1. The van der Waals surface area contributed by atoms with Gasteiger partial charge in [-0.05, 0) is 70.4 Å². The normalized spacial score (nSPS) is 27.6. The van der Waals surface area contributed by atoms with E-state index in [4.69, 9.17) is 23.2 Å². The van der Waals surface area contributed by atoms with Crippen LogP contribution in [0.4, 0.5) is 17.6 Å². The number of fused-ring (bicyclic) bond motifs is 2. The average molecular weight is 633 g/mol. The van der Waals surface area contributed by atoms with Gasteiger partial charge >= 0.3 is 12.1 Å². The van der Waals surface area contributed by atoms with Crippen molar-refractivity contribution in [2.75, 3.05) is 6.54 Å². The van der Waals surface area contributed by atoms with Crippen molar-refractivity contribution in [1.82, 2.24) is 20.0 Å². The molecule has 8 nitrogen and oxygen atoms in total. The number of aromatic nitrogens is 2. The second-order valence-electron chi connectivity index (χ2n) is 11.8. The van der Waals surface area contributed by atoms with Crippen molar-refractivity contribution in [2.45, 2.75) is 88.6 Å². The number of carbonyl (C=O) groups is 3. The molecule has 2 aromatic rings. The first-order valence-corrected chi connectivity index (χ1v) is 14.6. The van der Waals surface area contributed by atoms with E-state index in [1.807, 2.05) is 0 Å². The van der Waals surface area contributed by atoms with Gasteiger partial charge < -0.3 is 15.3 Å². The number of nitrogens with one attached hydrogen (secondary N) is 1. The van der Waals surface area contributed by atoms with Gasteiger partial charge in [0.15, 0.2) is 11.5 Å². The highest BCUT2D eigenvalue weighted by molar-refractivity contribution is 6.40. The Kier molecular flexibility index (Phi) is 8.36. The molecule has 0 spiro atoms. The molecule has 1 aliphatic carbocycles. The highest BCUT2D eigenvalue weighted by atomic mass is 35.5. The molecule has 1 aromatic carbocycles. The Morgan fingerprint density at radius 1 is 1.10 bits per heavy atom. The fraction of sp³-hybridized carbons (Fsp3) is 0.571. The molecule has 2 saturated heterocycles. The maximum atomic E-state index is 14.6. The number of aliphatic carboxylic acids is 1. The molecule has 2 N–H and O–H groups in total. The second kappa shape index (κ2) is 11.4. The molecule has 0 radical (unpaired) electrons. The van der Waals surface area contributed by atoms with Crippen molar-refractivity contribution in [3.8, 4) is 0 Å². The monoisotopic (exact) mass is 632 g/mol. The molecular weight excluding hydrogens is 603 g/mol. The molecule has 3 fully saturated rings. The first-order valence-electron chi connectivity index (χ1n) is 13.8. The minimum atomic E-state index is -4.96. The molecule has 228 valence electrons. The Bertz CT molecular complexity index is 1370. The van der Waals surface area contributed by atoms with E-state index in [2.05, 4.69) is 10.4 Å². The van der Waals surface area contributed by atoms with E-state index in [1.165, 1.54) is 0 Å². The van der Waals surface area contributed by atoms with Crippen molar-refractivity contribution in [1.29, 1.82) is 0 Å². The van der Waals surface area contributed by atoms with Crippen LogP contribution in [0.25, 0.3) is 0 Å². The number of rotatable bonds is 7. The number of piperidine rings is 1. The predicted molar refractivity (Wildman–Crippen MR) is 145 cm³/mol. The van der Waals surface area contributed by atoms with Gasteiger partial charge in [-0.3, -0.25) is 19.1 Å². The number of nitrogens with zero attached hydrogens (tertiary/aromatic N) is 3. The van der Waals surface area contributed by atoms with Gasteiger partial charge in [0.2, 0.25) is 0 Å². The summed E-state index contributed by atoms with van der Waals surface area (Å²) in [6, 6.07) is 0.609. The van der Waals surface area contributed by atoms with Crippen molar-refractivity contribution >= 4 is 40.9 Å². The maximum Gasteiger partial charge on any atom is 0.433 e. The molecule has 2 aliphatic heterocycles. The summed E-state index contributed by atoms with van der Waals surface area (Å²) in [5.74, 6) is -3.51. The minimum Gasteiger partial charge on any atom is -0.481 e. The van der Waals surface area contributed by atoms with Gasteiger partial charge in [0.05, 0.1) is 45.4 Å². The molecule has 1 amide bonds. The topological polar surface area (TPSA) is 105 Å². The van der Waals surface area contributed by atoms with Gasteiger partial charge in [0.1, 0.15) is 5.82 Å². The summed E-state index contributed by atoms with van der Waals surface area (Å²) >= 11 is 12.2. The Morgan fingerprint density at radius 2 is 1.67 bits per heavy atom. The molecule has 42 heavy (non-hydrogen) atoms. The van der Waals surface area contributed by atoms with Gasteiger partial charge in [-0.2, -0.15) is 18.3 Å². The number of benzene rings is 1. The van der Waals surface area contributed by atoms with Crippen LogP contribution in [0.15, 0.2) is 18.3 Å². The van der Waals surface area contributed by atoms with Crippen molar-refractivity contribution < 1.29 is 37.1 Å². The summed E-state index contributed by atoms with van der Waals surface area (Å²) in [7, 11) is 0. The Morgan fingerprint density at radius 3 is 2.19 bits per heavy atom. The number of amides is 1. The van der Waals surface area contributed by atoms with Crippen LogP contribution >= 0.6 is 23.2 Å². The zero-order valence-corrected chi connectivity index (χ0v) is 24.2. The number of Topliss-reactive ketones (excluding diaryl/α,β-unsaturated/α-hetero) is 1. The molecule has 2 bridgehead atoms. The summed E-state index contributed by atoms with van der Waals surface area (Å²) in [4.78, 5) is 40.2. The lowest BCUT2D eigenvalue weighted by atomic mass is 9.74. The third kappa shape index (κ3) is 5.90. The fourth-order valence-electron chi connectivity index (χ4n) is 6.62. The second-order valence-corrected chi connectivity index (χ2v) is 12.6. The number of carboxylic acid groups (broad SMARTS) is 1. The lowest BCUT2D eigenvalue weighted by molar-refractivity contribution is -0.152. The Labute approximate surface area is 249 Å². The molecule has 3 aliphatic rings. The van der Waals surface area contributed by atoms with Gasteiger partial charge in [0.25, 0.3) is 5.91 Å². The number of alkyl halides is 3. The first kappa shape index (κ1) is 30.7. The van der Waals surface area contributed by atoms with Crippen LogP contribution in [0.1, 0.15) is 90.7 Å². The molecule has 2 unspecified atom stereocenters. The van der Waals surface area contributed by atoms with Crippen LogP contribution in [0.5, 0.6) is 0 Å². The van der Waals surface area contributed by atoms with Crippen LogP contribution in [-0.2, 0) is 11.0 Å². The van der Waals surface area contributed by atoms with E-state index in [1.54, 1.807) is 6.92 Å². The summed E-state index contributed by atoms with van der Waals surface area (Å²) in [5.41, 5.74) is -3.19. The zero-order chi connectivity index (χ0) is 30.6. The van der Waals surface area contributed by atoms with Crippen LogP contribution in [0, 0.1) is 11.2 Å². The number of carboxylic acids is 1. The van der Waals surface area contributed by atoms with E-state index in [0.717, 1.165) is 40.8 Å². The summed E-state index contributed by atoms with van der Waals surface area (Å²) < 4.78 is 58.3. The maximum absolute atomic E-state index is 14.6. The van der Waals surface area contributed by atoms with Gasteiger partial charge in [-0.25, -0.2) is 4.39 Å². The molecule has 2 atom stereocenters. The zero-order valence-electron chi connectivity index (χ0n) is 22.7. The highest BCUT2D eigenvalue weighted by Crippen LogP contribution is 2.44. The van der Waals surface area contributed by atoms with Crippen molar-refractivity contribution in [2.24, 2.45) is 5.41 Å². The van der Waals surface area contributed by atoms with E-state index < -0.39 is 65.0 Å². The van der Waals surface area contributed by atoms with Gasteiger partial charge in [-0.15, -0.1) is 0 Å². The van der Waals surface area contributed by atoms with Crippen LogP contribution in [0.2, 0.25) is 10.0 Å². The lowest BCUT2D eigenvalue weighted by Crippen LogP contribution is -2.52. The molecule has 1 saturated carbocycles. The third-order valence-corrected chi connectivity index (χ3v) is 9.56. The van der Waals surface area contributed by atoms with E-state index in [9.17, 15) is 37.1 Å². The highest BCUT2D eigenvalue weighted by Gasteiger charge is 2.46. The molecular formula is C28H30Cl2F4N4O4. The quantitative estimate of drug-likeness (QED) is 0.280. The van der Waals surface area contributed by atoms with Crippen molar-refractivity contribution in [3.63, 3.8) is 0 Å². The molecule has 5 rings (SSSR count). The number of hydrogen-bond donors (Lipinski definition) is 2. The van der Waals surface area contributed by atoms with Crippen LogP contribution in [0.3, 0.4) is 0 Å². The largest absolute Gasteiger partial charge is 0.481 e. The number of ketones is 1. The minimum absolute atomic E-state index is 0.0488. The standard InChI is InChI=1S/C28H30Cl2F4N4O4/c1-27(26(41)42)6-4-17(5-7-27)38-24(28(32,33)34)19(12-35-38)25(40)37(18-10-15-2-3-16(11-18)36-15)13-22(39)23-20(29)8-14(31)9-21(23)30/h8-9,12,15-18,36H,2-7,10-11,13H2,1H3,(H,41,42)/t15?,16?,17-,18?,27-. The van der Waals surface area contributed by atoms with Gasteiger partial charge in [-0.1, -0.05) is 23.2 Å². The first-order chi connectivity index (χ1) is 19.7. The summed E-state index contributed by atoms with van der Waals surface area (Å²) in [6.07, 6.45) is -0.923. The average Bonchev–Trinajstić information content (AvgIpc) is 3.49. The van der Waals surface area contributed by atoms with Gasteiger partial charge in [0, 0.05) is 18.1 Å². The fourth-order valence-corrected chi connectivity index (χ4v) is 7.29. The molecule has 1 aromatic heterocycles. The molecule has 3 heterocycles. The van der Waals surface area contributed by atoms with Crippen molar-refractivity contribution in [3.05, 3.63) is 51.0 Å². The third-order valence-electron chi connectivity index (χ3n) is 8.96. The number of hydrogen-bond acceptors (Lipinski definition) is 5. The smallest absolute Gasteiger partial charge is 0.433 e. The summed E-state index contributed by atoms with van der Waals surface area (Å²) in [6.45, 7) is 0.950. The summed E-state index contributed by atoms with van der Waals surface area (Å²) in [5, 5.41) is 16.4.